The van der Waals surface area contributed by atoms with Gasteiger partial charge in [0.05, 0.1) is 9.85 Å². The maximum atomic E-state index is 13.1. The largest absolute Gasteiger partial charge is 0.519 e. The quantitative estimate of drug-likeness (QED) is 0.229. The first-order valence-electron chi connectivity index (χ1n) is 13.3. The van der Waals surface area contributed by atoms with E-state index in [-0.39, 0.29) is 34.7 Å². The van der Waals surface area contributed by atoms with E-state index in [0.29, 0.717) is 23.0 Å². The highest BCUT2D eigenvalue weighted by Gasteiger charge is 2.39. The number of nitrogens with zero attached hydrogens (tertiary/aromatic N) is 4. The Labute approximate surface area is 219 Å². The number of carbonyl (C=O) groups excluding carboxylic acids is 1. The number of piperidine rings is 6. The van der Waals surface area contributed by atoms with Crippen molar-refractivity contribution in [3.63, 3.8) is 0 Å². The number of carbonyl (C=O) groups is 1. The van der Waals surface area contributed by atoms with Gasteiger partial charge in [-0.15, -0.1) is 0 Å². The minimum Gasteiger partial charge on any atom is -0.394 e. The van der Waals surface area contributed by atoms with Gasteiger partial charge in [0.15, 0.2) is 0 Å². The summed E-state index contributed by atoms with van der Waals surface area (Å²) in [5, 5.41) is 23.0. The summed E-state index contributed by atoms with van der Waals surface area (Å²) in [4.78, 5) is 39.9. The Kier molecular flexibility index (Phi) is 6.48. The molecule has 6 saturated heterocycles. The molecule has 200 valence electrons. The number of nitro groups is 2. The third-order valence-electron chi connectivity index (χ3n) is 8.91. The van der Waals surface area contributed by atoms with Gasteiger partial charge in [-0.25, -0.2) is 4.79 Å². The Morgan fingerprint density at radius 3 is 1.42 bits per heavy atom. The fourth-order valence-electron chi connectivity index (χ4n) is 6.90. The number of rotatable bonds is 6. The Bertz CT molecular complexity index is 1170. The van der Waals surface area contributed by atoms with Crippen LogP contribution in [-0.2, 0) is 0 Å². The van der Waals surface area contributed by atoms with Crippen LogP contribution in [0.1, 0.15) is 48.6 Å². The average molecular weight is 523 g/mol. The van der Waals surface area contributed by atoms with Crippen molar-refractivity contribution in [2.75, 3.05) is 39.3 Å². The molecular weight excluding hydrogens is 492 g/mol. The number of hydrogen-bond donors (Lipinski definition) is 0. The van der Waals surface area contributed by atoms with Crippen molar-refractivity contribution >= 4 is 17.5 Å². The van der Waals surface area contributed by atoms with Crippen molar-refractivity contribution in [1.29, 1.82) is 0 Å². The highest BCUT2D eigenvalue weighted by molar-refractivity contribution is 5.69. The van der Waals surface area contributed by atoms with Gasteiger partial charge in [-0.2, -0.15) is 0 Å². The highest BCUT2D eigenvalue weighted by atomic mass is 16.7. The standard InChI is InChI=1S/C27H30N4O7/c32-27(37-25-3-1-19(30(33)34)13-21(25)23-15-28-9-5-17(23)6-10-28)38-26-4-2-20(31(35)36)14-22(26)24-16-29-11-7-18(24)8-12-29/h1-4,13-14,17-18,23-24H,5-12,15-16H2. The molecule has 2 atom stereocenters. The number of hydrogen-bond acceptors (Lipinski definition) is 9. The predicted molar refractivity (Wildman–Crippen MR) is 137 cm³/mol. The number of nitro benzene ring substituents is 2. The van der Waals surface area contributed by atoms with E-state index < -0.39 is 16.0 Å². The van der Waals surface area contributed by atoms with E-state index in [9.17, 15) is 25.0 Å². The summed E-state index contributed by atoms with van der Waals surface area (Å²) in [5.41, 5.74) is 1.20. The van der Waals surface area contributed by atoms with Crippen LogP contribution in [0.2, 0.25) is 0 Å². The number of benzene rings is 2. The topological polar surface area (TPSA) is 128 Å². The van der Waals surface area contributed by atoms with Crippen molar-refractivity contribution in [3.8, 4) is 11.5 Å². The maximum absolute atomic E-state index is 13.1. The van der Waals surface area contributed by atoms with E-state index >= 15 is 0 Å². The SMILES string of the molecule is O=C(Oc1ccc([N+](=O)[O-])cc1C1CN2CCC1CC2)Oc1ccc([N+](=O)[O-])cc1C1CN2CCC1CC2. The lowest BCUT2D eigenvalue weighted by atomic mass is 9.75. The molecule has 8 rings (SSSR count). The molecule has 2 aromatic rings. The second-order valence-electron chi connectivity index (χ2n) is 10.9. The molecule has 2 unspecified atom stereocenters. The Hall–Kier alpha value is -3.57. The summed E-state index contributed by atoms with van der Waals surface area (Å²) < 4.78 is 11.4. The van der Waals surface area contributed by atoms with Crippen LogP contribution in [0.15, 0.2) is 36.4 Å². The monoisotopic (exact) mass is 522 g/mol. The Balaban J connectivity index is 1.27. The predicted octanol–water partition coefficient (Wildman–Crippen LogP) is 4.70. The fraction of sp³-hybridized carbons (Fsp3) is 0.519. The van der Waals surface area contributed by atoms with E-state index in [0.717, 1.165) is 65.0 Å². The Morgan fingerprint density at radius 2 is 1.11 bits per heavy atom. The lowest BCUT2D eigenvalue weighted by Crippen LogP contribution is -2.46. The molecule has 0 spiro atoms. The van der Waals surface area contributed by atoms with Gasteiger partial charge < -0.3 is 19.3 Å². The first kappa shape index (κ1) is 24.7. The van der Waals surface area contributed by atoms with Crippen LogP contribution in [0.25, 0.3) is 0 Å². The van der Waals surface area contributed by atoms with Crippen molar-refractivity contribution in [2.45, 2.75) is 37.5 Å². The van der Waals surface area contributed by atoms with Gasteiger partial charge in [-0.05, 0) is 75.8 Å². The van der Waals surface area contributed by atoms with Crippen LogP contribution < -0.4 is 9.47 Å². The molecule has 11 nitrogen and oxygen atoms in total. The third kappa shape index (κ3) is 4.71. The first-order valence-corrected chi connectivity index (χ1v) is 13.3. The number of non-ortho nitro benzene ring substituents is 2. The fourth-order valence-corrected chi connectivity index (χ4v) is 6.90. The Morgan fingerprint density at radius 1 is 0.711 bits per heavy atom. The molecule has 6 fully saturated rings. The van der Waals surface area contributed by atoms with Crippen LogP contribution in [0.4, 0.5) is 16.2 Å². The van der Waals surface area contributed by atoms with Gasteiger partial charge in [0.2, 0.25) is 0 Å². The van der Waals surface area contributed by atoms with Gasteiger partial charge in [-0.3, -0.25) is 20.2 Å². The van der Waals surface area contributed by atoms with E-state index in [1.54, 1.807) is 0 Å². The zero-order valence-corrected chi connectivity index (χ0v) is 21.0. The van der Waals surface area contributed by atoms with E-state index in [1.807, 2.05) is 0 Å². The van der Waals surface area contributed by atoms with E-state index in [4.69, 9.17) is 9.47 Å². The van der Waals surface area contributed by atoms with Crippen molar-refractivity contribution in [3.05, 3.63) is 67.8 Å². The lowest BCUT2D eigenvalue weighted by Gasteiger charge is -2.45. The summed E-state index contributed by atoms with van der Waals surface area (Å²) in [6, 6.07) is 8.63. The number of fused-ring (bicyclic) bond motifs is 6. The van der Waals surface area contributed by atoms with Crippen LogP contribution >= 0.6 is 0 Å². The zero-order valence-electron chi connectivity index (χ0n) is 21.0. The highest BCUT2D eigenvalue weighted by Crippen LogP contribution is 2.45. The summed E-state index contributed by atoms with van der Waals surface area (Å²) in [6.07, 6.45) is 3.05. The molecule has 0 N–H and O–H groups in total. The molecule has 0 aromatic heterocycles. The first-order chi connectivity index (χ1) is 18.4. The van der Waals surface area contributed by atoms with Crippen LogP contribution in [0.3, 0.4) is 0 Å². The summed E-state index contributed by atoms with van der Waals surface area (Å²) in [7, 11) is 0. The maximum Gasteiger partial charge on any atom is 0.519 e. The van der Waals surface area contributed by atoms with E-state index in [1.165, 1.54) is 36.4 Å². The molecule has 2 aromatic carbocycles. The van der Waals surface area contributed by atoms with E-state index in [2.05, 4.69) is 9.80 Å². The molecule has 11 heteroatoms. The normalized spacial score (nSPS) is 29.6. The molecule has 4 bridgehead atoms. The summed E-state index contributed by atoms with van der Waals surface area (Å²) in [5.74, 6) is 1.32. The summed E-state index contributed by atoms with van der Waals surface area (Å²) >= 11 is 0. The van der Waals surface area contributed by atoms with Crippen LogP contribution in [0.5, 0.6) is 11.5 Å². The van der Waals surface area contributed by atoms with Gasteiger partial charge in [-0.1, -0.05) is 0 Å². The van der Waals surface area contributed by atoms with Crippen molar-refractivity contribution in [1.82, 2.24) is 9.80 Å². The molecule has 38 heavy (non-hydrogen) atoms. The van der Waals surface area contributed by atoms with Gasteiger partial charge in [0.1, 0.15) is 11.5 Å². The molecule has 6 aliphatic heterocycles. The van der Waals surface area contributed by atoms with Crippen molar-refractivity contribution in [2.24, 2.45) is 11.8 Å². The van der Waals surface area contributed by atoms with Gasteiger partial charge in [0, 0.05) is 60.3 Å². The van der Waals surface area contributed by atoms with Crippen LogP contribution in [0, 0.1) is 32.1 Å². The third-order valence-corrected chi connectivity index (χ3v) is 8.91. The number of ether oxygens (including phenoxy) is 2. The molecule has 0 saturated carbocycles. The molecule has 0 aliphatic carbocycles. The molecule has 0 amide bonds. The molecule has 6 heterocycles. The molecule has 6 aliphatic rings. The van der Waals surface area contributed by atoms with Crippen LogP contribution in [-0.4, -0.2) is 65.1 Å². The second kappa shape index (κ2) is 9.95. The zero-order chi connectivity index (χ0) is 26.4. The minimum absolute atomic E-state index is 0.0296. The average Bonchev–Trinajstić information content (AvgIpc) is 2.94. The smallest absolute Gasteiger partial charge is 0.394 e. The molecule has 0 radical (unpaired) electrons. The van der Waals surface area contributed by atoms with Gasteiger partial charge in [0.25, 0.3) is 11.4 Å². The lowest BCUT2D eigenvalue weighted by molar-refractivity contribution is -0.385. The molecular formula is C27H30N4O7. The second-order valence-corrected chi connectivity index (χ2v) is 10.9. The minimum atomic E-state index is -0.960. The van der Waals surface area contributed by atoms with Gasteiger partial charge >= 0.3 is 6.16 Å². The van der Waals surface area contributed by atoms with Crippen molar-refractivity contribution < 1.29 is 24.1 Å². The summed E-state index contributed by atoms with van der Waals surface area (Å²) in [6.45, 7) is 5.58.